The van der Waals surface area contributed by atoms with Gasteiger partial charge in [0.2, 0.25) is 6.79 Å². The molecule has 0 spiro atoms. The van der Waals surface area contributed by atoms with Crippen molar-refractivity contribution < 1.29 is 85.6 Å². The van der Waals surface area contributed by atoms with Crippen LogP contribution in [0.15, 0.2) is 79.1 Å². The Labute approximate surface area is 444 Å². The van der Waals surface area contributed by atoms with Crippen LogP contribution in [0.1, 0.15) is 79.9 Å². The van der Waals surface area contributed by atoms with E-state index >= 15 is 0 Å². The number of cyclic esters (lactones) is 2. The molecule has 2 saturated heterocycles. The van der Waals surface area contributed by atoms with Crippen LogP contribution in [0, 0.1) is 35.4 Å². The van der Waals surface area contributed by atoms with Gasteiger partial charge in [-0.05, 0) is 81.2 Å². The lowest BCUT2D eigenvalue weighted by atomic mass is 9.87. The van der Waals surface area contributed by atoms with Crippen molar-refractivity contribution in [1.29, 1.82) is 0 Å². The van der Waals surface area contributed by atoms with Crippen LogP contribution in [0.4, 0.5) is 4.39 Å². The maximum Gasteiger partial charge on any atom is 0.331 e. The van der Waals surface area contributed by atoms with E-state index in [0.29, 0.717) is 37.0 Å². The molecule has 2 aliphatic heterocycles. The largest absolute Gasteiger partial charge is 0.503 e. The lowest BCUT2D eigenvalue weighted by molar-refractivity contribution is -0.163. The number of methoxy groups -OCH3 is 2. The summed E-state index contributed by atoms with van der Waals surface area (Å²) >= 11 is 0. The minimum Gasteiger partial charge on any atom is -0.503 e. The molecule has 2 aromatic carbocycles. The van der Waals surface area contributed by atoms with Crippen molar-refractivity contribution in [3.63, 3.8) is 0 Å². The Morgan fingerprint density at radius 3 is 2.01 bits per heavy atom. The second-order valence-electron chi connectivity index (χ2n) is 19.3. The lowest BCUT2D eigenvalue weighted by Gasteiger charge is -2.32. The van der Waals surface area contributed by atoms with Gasteiger partial charge in [-0.2, -0.15) is 0 Å². The minimum absolute atomic E-state index is 0.00776. The smallest absolute Gasteiger partial charge is 0.331 e. The summed E-state index contributed by atoms with van der Waals surface area (Å²) in [7, 11) is 2.68. The molecule has 3 aliphatic rings. The SMILES string of the molecule is COc1ccnc(C(=O)NC2COCC(Oc3ccccc3)C(CCC(C)CC3CC3C(=O)OC3COCC(NC(=O)c4nccc(OC)c4OCOC(C)=O)C(=O)OC(C)C3Cc3ccc(F)cc3)C(C)OC2=O)c1O. The van der Waals surface area contributed by atoms with Gasteiger partial charge in [0.15, 0.2) is 46.5 Å². The van der Waals surface area contributed by atoms with Gasteiger partial charge >= 0.3 is 23.9 Å². The normalized spacial score (nSPS) is 24.9. The number of carbonyl (C=O) groups is 6. The highest BCUT2D eigenvalue weighted by Gasteiger charge is 2.47. The van der Waals surface area contributed by atoms with E-state index in [1.54, 1.807) is 26.0 Å². The average Bonchev–Trinajstić information content (AvgIpc) is 4.17. The van der Waals surface area contributed by atoms with Gasteiger partial charge < -0.3 is 63.1 Å². The van der Waals surface area contributed by atoms with Crippen LogP contribution in [0.2, 0.25) is 0 Å². The molecule has 4 heterocycles. The van der Waals surface area contributed by atoms with Gasteiger partial charge in [-0.25, -0.2) is 23.9 Å². The number of rotatable bonds is 20. The second kappa shape index (κ2) is 26.9. The van der Waals surface area contributed by atoms with E-state index in [1.165, 1.54) is 57.8 Å². The number of hydrogen-bond acceptors (Lipinski definition) is 19. The van der Waals surface area contributed by atoms with Crippen LogP contribution in [0.25, 0.3) is 0 Å². The van der Waals surface area contributed by atoms with Crippen molar-refractivity contribution in [2.24, 2.45) is 29.6 Å². The first kappa shape index (κ1) is 57.1. The molecule has 4 aromatic rings. The van der Waals surface area contributed by atoms with Gasteiger partial charge in [0.05, 0.1) is 46.6 Å². The summed E-state index contributed by atoms with van der Waals surface area (Å²) in [5, 5.41) is 15.7. The number of aromatic hydroxyl groups is 1. The van der Waals surface area contributed by atoms with E-state index in [2.05, 4.69) is 27.5 Å². The van der Waals surface area contributed by atoms with Crippen molar-refractivity contribution in [2.75, 3.05) is 47.4 Å². The third-order valence-electron chi connectivity index (χ3n) is 13.8. The van der Waals surface area contributed by atoms with Gasteiger partial charge in [0.25, 0.3) is 11.8 Å². The molecule has 77 heavy (non-hydrogen) atoms. The zero-order valence-corrected chi connectivity index (χ0v) is 43.7. The number of benzene rings is 2. The molecule has 0 radical (unpaired) electrons. The molecular weight excluding hydrogens is 1010 g/mol. The third kappa shape index (κ3) is 15.5. The Balaban J connectivity index is 0.989. The van der Waals surface area contributed by atoms with E-state index in [-0.39, 0.29) is 79.2 Å². The molecule has 21 nitrogen and oxygen atoms in total. The number of ether oxygens (including phenoxy) is 10. The van der Waals surface area contributed by atoms with Crippen LogP contribution in [-0.4, -0.2) is 135 Å². The fourth-order valence-electron chi connectivity index (χ4n) is 9.46. The number of nitrogens with zero attached hydrogens (tertiary/aromatic N) is 2. The number of esters is 4. The molecule has 2 aromatic heterocycles. The molecule has 11 unspecified atom stereocenters. The van der Waals surface area contributed by atoms with Gasteiger partial charge in [-0.3, -0.25) is 19.2 Å². The highest BCUT2D eigenvalue weighted by Crippen LogP contribution is 2.46. The molecule has 11 atom stereocenters. The summed E-state index contributed by atoms with van der Waals surface area (Å²) in [4.78, 5) is 87.9. The van der Waals surface area contributed by atoms with E-state index in [1.807, 2.05) is 30.3 Å². The number of pyridine rings is 2. The fourth-order valence-corrected chi connectivity index (χ4v) is 9.46. The molecule has 22 heteroatoms. The first-order valence-corrected chi connectivity index (χ1v) is 25.4. The lowest BCUT2D eigenvalue weighted by Crippen LogP contribution is -2.46. The van der Waals surface area contributed by atoms with Crippen molar-refractivity contribution in [3.05, 3.63) is 102 Å². The first-order valence-electron chi connectivity index (χ1n) is 25.4. The van der Waals surface area contributed by atoms with Crippen LogP contribution >= 0.6 is 0 Å². The summed E-state index contributed by atoms with van der Waals surface area (Å²) < 4.78 is 71.6. The van der Waals surface area contributed by atoms with Crippen LogP contribution < -0.4 is 29.6 Å². The van der Waals surface area contributed by atoms with Gasteiger partial charge in [0, 0.05) is 43.3 Å². The number of hydrogen-bond donors (Lipinski definition) is 3. The molecule has 7 rings (SSSR count). The van der Waals surface area contributed by atoms with Gasteiger partial charge in [-0.1, -0.05) is 43.7 Å². The predicted molar refractivity (Wildman–Crippen MR) is 268 cm³/mol. The third-order valence-corrected chi connectivity index (χ3v) is 13.8. The van der Waals surface area contributed by atoms with E-state index in [0.717, 1.165) is 0 Å². The maximum absolute atomic E-state index is 14.1. The quantitative estimate of drug-likeness (QED) is 0.0573. The van der Waals surface area contributed by atoms with Crippen molar-refractivity contribution in [2.45, 2.75) is 96.3 Å². The molecule has 1 saturated carbocycles. The Bertz CT molecular complexity index is 2680. The Morgan fingerprint density at radius 2 is 1.38 bits per heavy atom. The number of carbonyl (C=O) groups excluding carboxylic acids is 6. The summed E-state index contributed by atoms with van der Waals surface area (Å²) in [5.74, 6) is -6.05. The zero-order valence-electron chi connectivity index (χ0n) is 43.7. The molecule has 0 bridgehead atoms. The van der Waals surface area contributed by atoms with Gasteiger partial charge in [0.1, 0.15) is 36.0 Å². The highest BCUT2D eigenvalue weighted by molar-refractivity contribution is 5.99. The number of amides is 2. The number of para-hydroxylation sites is 1. The van der Waals surface area contributed by atoms with Crippen LogP contribution in [0.3, 0.4) is 0 Å². The van der Waals surface area contributed by atoms with Gasteiger partial charge in [-0.15, -0.1) is 0 Å². The number of aromatic nitrogens is 2. The van der Waals surface area contributed by atoms with E-state index in [9.17, 15) is 38.3 Å². The molecular formula is C55H65FN4O17. The Morgan fingerprint density at radius 1 is 0.779 bits per heavy atom. The van der Waals surface area contributed by atoms with Crippen molar-refractivity contribution >= 4 is 35.7 Å². The summed E-state index contributed by atoms with van der Waals surface area (Å²) in [6.45, 7) is 5.39. The monoisotopic (exact) mass is 1070 g/mol. The standard InChI is InChI=1S/C55H65FN4O17/c1-30(12-17-38-31(2)74-54(66)41(25-70-27-45(38)76-37-10-8-7-9-11-37)59-51(63)47-49(62)43(68-5)18-20-57-47)22-35-24-40(35)53(65)77-46-28-71-26-42(55(67)75-32(3)39(46)23-34-13-15-36(56)16-14-34)60-52(64)48-50(73-29-72-33(4)61)44(69-6)19-21-58-48/h7-11,13-16,18-21,30-32,35,38-42,45-46,62H,12,17,22-29H2,1-6H3,(H,59,63)(H,60,64). The zero-order chi connectivity index (χ0) is 55.2. The topological polar surface area (TPSA) is 265 Å². The predicted octanol–water partition coefficient (Wildman–Crippen LogP) is 5.34. The molecule has 414 valence electrons. The van der Waals surface area contributed by atoms with Crippen LogP contribution in [0.5, 0.6) is 28.7 Å². The minimum atomic E-state index is -1.35. The van der Waals surface area contributed by atoms with Crippen molar-refractivity contribution in [3.8, 4) is 28.7 Å². The molecule has 2 amide bonds. The van der Waals surface area contributed by atoms with E-state index < -0.39 is 102 Å². The van der Waals surface area contributed by atoms with E-state index in [4.69, 9.17) is 47.4 Å². The molecule has 3 N–H and O–H groups in total. The summed E-state index contributed by atoms with van der Waals surface area (Å²) in [5.41, 5.74) is 0.0770. The Hall–Kier alpha value is -7.59. The number of nitrogens with one attached hydrogen (secondary N) is 2. The number of halogens is 1. The highest BCUT2D eigenvalue weighted by atomic mass is 19.1. The molecule has 1 aliphatic carbocycles. The maximum atomic E-state index is 14.1. The molecule has 3 fully saturated rings. The summed E-state index contributed by atoms with van der Waals surface area (Å²) in [6.07, 6.45) is 2.16. The average molecular weight is 1070 g/mol. The van der Waals surface area contributed by atoms with Crippen molar-refractivity contribution in [1.82, 2.24) is 20.6 Å². The fraction of sp³-hybridized carbons (Fsp3) is 0.491. The summed E-state index contributed by atoms with van der Waals surface area (Å²) in [6, 6.07) is 15.2. The second-order valence-corrected chi connectivity index (χ2v) is 19.3. The Kier molecular flexibility index (Phi) is 20.0. The first-order chi connectivity index (χ1) is 37.0. The van der Waals surface area contributed by atoms with Crippen LogP contribution in [-0.2, 0) is 54.0 Å².